The molecule has 1 N–H and O–H groups in total. The van der Waals surface area contributed by atoms with E-state index in [1.54, 1.807) is 38.1 Å². The number of methoxy groups -OCH3 is 2. The molecule has 0 aromatic heterocycles. The SMILES string of the molecule is CCNC(=O)C(C)N(Cc1cccc(C)c1)C(=O)CN(c1cc(OC)ccc1OC)S(=O)(=O)c1ccc(C)cc1. The number of hydrogen-bond donors (Lipinski definition) is 1. The van der Waals surface area contributed by atoms with Crippen molar-refractivity contribution in [1.29, 1.82) is 0 Å². The highest BCUT2D eigenvalue weighted by molar-refractivity contribution is 7.92. The molecule has 3 rings (SSSR count). The van der Waals surface area contributed by atoms with Crippen LogP contribution in [0.2, 0.25) is 0 Å². The maximum absolute atomic E-state index is 14.1. The molecule has 0 radical (unpaired) electrons. The molecule has 0 bridgehead atoms. The van der Waals surface area contributed by atoms with Crippen LogP contribution in [0.4, 0.5) is 5.69 Å². The summed E-state index contributed by atoms with van der Waals surface area (Å²) in [6.45, 7) is 7.15. The molecular weight excluding hydrogens is 530 g/mol. The minimum atomic E-state index is -4.24. The Balaban J connectivity index is 2.12. The highest BCUT2D eigenvalue weighted by atomic mass is 32.2. The van der Waals surface area contributed by atoms with Gasteiger partial charge in [0.2, 0.25) is 11.8 Å². The molecular formula is C30H37N3O6S. The Bertz CT molecular complexity index is 1440. The Hall–Kier alpha value is -4.05. The van der Waals surface area contributed by atoms with Crippen molar-refractivity contribution in [2.24, 2.45) is 0 Å². The van der Waals surface area contributed by atoms with Crippen LogP contribution in [0.1, 0.15) is 30.5 Å². The van der Waals surface area contributed by atoms with Gasteiger partial charge in [-0.15, -0.1) is 0 Å². The lowest BCUT2D eigenvalue weighted by Crippen LogP contribution is -2.51. The number of nitrogens with zero attached hydrogens (tertiary/aromatic N) is 2. The Kier molecular flexibility index (Phi) is 10.2. The Labute approximate surface area is 236 Å². The molecule has 3 aromatic rings. The number of amides is 2. The third-order valence-electron chi connectivity index (χ3n) is 6.50. The molecule has 3 aromatic carbocycles. The number of benzene rings is 3. The summed E-state index contributed by atoms with van der Waals surface area (Å²) < 4.78 is 40.0. The number of ether oxygens (including phenoxy) is 2. The summed E-state index contributed by atoms with van der Waals surface area (Å²) in [4.78, 5) is 28.3. The Morgan fingerprint density at radius 1 is 0.925 bits per heavy atom. The molecule has 9 nitrogen and oxygen atoms in total. The molecule has 0 fully saturated rings. The number of likely N-dealkylation sites (N-methyl/N-ethyl adjacent to an activating group) is 1. The van der Waals surface area contributed by atoms with Crippen LogP contribution < -0.4 is 19.1 Å². The van der Waals surface area contributed by atoms with Gasteiger partial charge in [-0.05, 0) is 57.5 Å². The first-order valence-electron chi connectivity index (χ1n) is 13.0. The van der Waals surface area contributed by atoms with E-state index in [0.717, 1.165) is 21.0 Å². The molecule has 0 heterocycles. The lowest BCUT2D eigenvalue weighted by molar-refractivity contribution is -0.139. The topological polar surface area (TPSA) is 105 Å². The largest absolute Gasteiger partial charge is 0.497 e. The van der Waals surface area contributed by atoms with Crippen LogP contribution in [0.25, 0.3) is 0 Å². The van der Waals surface area contributed by atoms with Crippen molar-refractivity contribution in [3.05, 3.63) is 83.4 Å². The van der Waals surface area contributed by atoms with Crippen LogP contribution in [-0.4, -0.2) is 58.5 Å². The summed E-state index contributed by atoms with van der Waals surface area (Å²) in [5.41, 5.74) is 2.84. The van der Waals surface area contributed by atoms with Gasteiger partial charge in [0, 0.05) is 19.2 Å². The summed E-state index contributed by atoms with van der Waals surface area (Å²) in [7, 11) is -1.36. The monoisotopic (exact) mass is 567 g/mol. The van der Waals surface area contributed by atoms with Crippen LogP contribution in [0.5, 0.6) is 11.5 Å². The summed E-state index contributed by atoms with van der Waals surface area (Å²) in [5, 5.41) is 2.76. The van der Waals surface area contributed by atoms with Crippen molar-refractivity contribution in [1.82, 2.24) is 10.2 Å². The predicted octanol–water partition coefficient (Wildman–Crippen LogP) is 4.07. The van der Waals surface area contributed by atoms with Crippen LogP contribution >= 0.6 is 0 Å². The predicted molar refractivity (Wildman–Crippen MR) is 155 cm³/mol. The number of carbonyl (C=O) groups is 2. The summed E-state index contributed by atoms with van der Waals surface area (Å²) >= 11 is 0. The average Bonchev–Trinajstić information content (AvgIpc) is 2.94. The third-order valence-corrected chi connectivity index (χ3v) is 8.27. The van der Waals surface area contributed by atoms with E-state index in [0.29, 0.717) is 12.3 Å². The number of hydrogen-bond acceptors (Lipinski definition) is 6. The number of carbonyl (C=O) groups excluding carboxylic acids is 2. The number of anilines is 1. The van der Waals surface area contributed by atoms with E-state index in [1.165, 1.54) is 37.3 Å². The van der Waals surface area contributed by atoms with Crippen molar-refractivity contribution >= 4 is 27.5 Å². The van der Waals surface area contributed by atoms with Crippen molar-refractivity contribution in [2.75, 3.05) is 31.6 Å². The normalized spacial score (nSPS) is 11.8. The molecule has 2 amide bonds. The number of sulfonamides is 1. The second-order valence-corrected chi connectivity index (χ2v) is 11.3. The zero-order valence-corrected chi connectivity index (χ0v) is 24.6. The second kappa shape index (κ2) is 13.3. The molecule has 0 aliphatic heterocycles. The molecule has 0 saturated carbocycles. The van der Waals surface area contributed by atoms with Gasteiger partial charge in [0.15, 0.2) is 0 Å². The standard InChI is InChI=1S/C30H37N3O6S/c1-7-31-30(35)23(4)32(19-24-10-8-9-22(3)17-24)29(34)20-33(27-18-25(38-5)13-16-28(27)39-6)40(36,37)26-14-11-21(2)12-15-26/h8-18,23H,7,19-20H2,1-6H3,(H,31,35). The fourth-order valence-corrected chi connectivity index (χ4v) is 5.67. The van der Waals surface area contributed by atoms with Gasteiger partial charge in [-0.2, -0.15) is 0 Å². The number of aryl methyl sites for hydroxylation is 2. The van der Waals surface area contributed by atoms with Gasteiger partial charge < -0.3 is 19.7 Å². The molecule has 0 saturated heterocycles. The molecule has 214 valence electrons. The van der Waals surface area contributed by atoms with E-state index in [4.69, 9.17) is 9.47 Å². The highest BCUT2D eigenvalue weighted by Gasteiger charge is 2.34. The van der Waals surface area contributed by atoms with E-state index in [2.05, 4.69) is 5.32 Å². The molecule has 40 heavy (non-hydrogen) atoms. The summed E-state index contributed by atoms with van der Waals surface area (Å²) in [6.07, 6.45) is 0. The van der Waals surface area contributed by atoms with E-state index in [9.17, 15) is 18.0 Å². The van der Waals surface area contributed by atoms with Crippen molar-refractivity contribution in [3.63, 3.8) is 0 Å². The lowest BCUT2D eigenvalue weighted by Gasteiger charge is -2.32. The van der Waals surface area contributed by atoms with Gasteiger partial charge in [-0.1, -0.05) is 47.5 Å². The van der Waals surface area contributed by atoms with Gasteiger partial charge in [-0.3, -0.25) is 13.9 Å². The van der Waals surface area contributed by atoms with Crippen LogP contribution in [0.3, 0.4) is 0 Å². The smallest absolute Gasteiger partial charge is 0.264 e. The average molecular weight is 568 g/mol. The van der Waals surface area contributed by atoms with E-state index in [-0.39, 0.29) is 28.8 Å². The summed E-state index contributed by atoms with van der Waals surface area (Å²) in [5.74, 6) is -0.262. The first-order valence-corrected chi connectivity index (χ1v) is 14.4. The molecule has 10 heteroatoms. The fourth-order valence-electron chi connectivity index (χ4n) is 4.25. The molecule has 0 aliphatic rings. The maximum Gasteiger partial charge on any atom is 0.264 e. The number of rotatable bonds is 12. The van der Waals surface area contributed by atoms with E-state index in [1.807, 2.05) is 38.1 Å². The Morgan fingerprint density at radius 2 is 1.62 bits per heavy atom. The maximum atomic E-state index is 14.1. The minimum Gasteiger partial charge on any atom is -0.497 e. The van der Waals surface area contributed by atoms with Crippen molar-refractivity contribution in [3.8, 4) is 11.5 Å². The quantitative estimate of drug-likeness (QED) is 0.354. The van der Waals surface area contributed by atoms with Gasteiger partial charge in [-0.25, -0.2) is 8.42 Å². The summed E-state index contributed by atoms with van der Waals surface area (Å²) in [6, 6.07) is 17.9. The van der Waals surface area contributed by atoms with Crippen molar-refractivity contribution in [2.45, 2.75) is 45.2 Å². The van der Waals surface area contributed by atoms with Gasteiger partial charge >= 0.3 is 0 Å². The van der Waals surface area contributed by atoms with Gasteiger partial charge in [0.25, 0.3) is 10.0 Å². The zero-order valence-electron chi connectivity index (χ0n) is 23.8. The molecule has 0 aliphatic carbocycles. The van der Waals surface area contributed by atoms with Gasteiger partial charge in [0.05, 0.1) is 24.8 Å². The van der Waals surface area contributed by atoms with Crippen LogP contribution in [0.15, 0.2) is 71.6 Å². The highest BCUT2D eigenvalue weighted by Crippen LogP contribution is 2.36. The van der Waals surface area contributed by atoms with E-state index >= 15 is 0 Å². The first kappa shape index (κ1) is 30.5. The van der Waals surface area contributed by atoms with E-state index < -0.39 is 28.5 Å². The van der Waals surface area contributed by atoms with Crippen molar-refractivity contribution < 1.29 is 27.5 Å². The Morgan fingerprint density at radius 3 is 2.23 bits per heavy atom. The molecule has 1 unspecified atom stereocenters. The molecule has 0 spiro atoms. The fraction of sp³-hybridized carbons (Fsp3) is 0.333. The van der Waals surface area contributed by atoms with Crippen LogP contribution in [-0.2, 0) is 26.2 Å². The van der Waals surface area contributed by atoms with Crippen LogP contribution in [0, 0.1) is 13.8 Å². The third kappa shape index (κ3) is 7.12. The zero-order chi connectivity index (χ0) is 29.4. The first-order chi connectivity index (χ1) is 19.0. The lowest BCUT2D eigenvalue weighted by atomic mass is 10.1. The minimum absolute atomic E-state index is 0.0118. The molecule has 1 atom stereocenters. The second-order valence-electron chi connectivity index (χ2n) is 9.44. The van der Waals surface area contributed by atoms with Gasteiger partial charge in [0.1, 0.15) is 24.1 Å². The number of nitrogens with one attached hydrogen (secondary N) is 1.